The highest BCUT2D eigenvalue weighted by Gasteiger charge is 2.33. The lowest BCUT2D eigenvalue weighted by molar-refractivity contribution is -0.140. The maximum atomic E-state index is 13.4. The Labute approximate surface area is 173 Å². The summed E-state index contributed by atoms with van der Waals surface area (Å²) < 4.78 is 13.4. The third-order valence-electron chi connectivity index (χ3n) is 5.82. The smallest absolute Gasteiger partial charge is 0.237 e. The maximum Gasteiger partial charge on any atom is 0.237 e. The molecule has 0 bridgehead atoms. The molecular formula is C22H33FN4O2. The Hall–Kier alpha value is -1.99. The first-order valence-corrected chi connectivity index (χ1v) is 10.7. The maximum absolute atomic E-state index is 13.4. The minimum Gasteiger partial charge on any atom is -0.353 e. The fourth-order valence-corrected chi connectivity index (χ4v) is 4.02. The van der Waals surface area contributed by atoms with Crippen molar-refractivity contribution >= 4 is 11.8 Å². The summed E-state index contributed by atoms with van der Waals surface area (Å²) in [5.74, 6) is 0.372. The zero-order valence-electron chi connectivity index (χ0n) is 17.6. The minimum atomic E-state index is -0.361. The van der Waals surface area contributed by atoms with Crippen LogP contribution in [0.2, 0.25) is 0 Å². The van der Waals surface area contributed by atoms with Crippen LogP contribution in [0.4, 0.5) is 4.39 Å². The predicted molar refractivity (Wildman–Crippen MR) is 111 cm³/mol. The van der Waals surface area contributed by atoms with Gasteiger partial charge in [0.15, 0.2) is 0 Å². The first-order valence-electron chi connectivity index (χ1n) is 10.7. The van der Waals surface area contributed by atoms with E-state index in [1.807, 2.05) is 11.0 Å². The van der Waals surface area contributed by atoms with Crippen LogP contribution in [0, 0.1) is 11.7 Å². The highest BCUT2D eigenvalue weighted by atomic mass is 19.1. The summed E-state index contributed by atoms with van der Waals surface area (Å²) in [7, 11) is 0. The van der Waals surface area contributed by atoms with Crippen LogP contribution in [-0.4, -0.2) is 78.4 Å². The van der Waals surface area contributed by atoms with E-state index in [9.17, 15) is 14.0 Å². The highest BCUT2D eigenvalue weighted by molar-refractivity contribution is 5.88. The molecule has 7 heteroatoms. The summed E-state index contributed by atoms with van der Waals surface area (Å²) in [6.07, 6.45) is 1.27. The van der Waals surface area contributed by atoms with Gasteiger partial charge in [-0.3, -0.25) is 19.4 Å². The molecule has 0 aromatic heterocycles. The monoisotopic (exact) mass is 404 g/mol. The molecule has 1 aromatic rings. The summed E-state index contributed by atoms with van der Waals surface area (Å²) in [5.41, 5.74) is 0.949. The van der Waals surface area contributed by atoms with Crippen LogP contribution in [0.25, 0.3) is 0 Å². The van der Waals surface area contributed by atoms with E-state index < -0.39 is 0 Å². The Kier molecular flexibility index (Phi) is 7.61. The molecule has 1 aromatic carbocycles. The average molecular weight is 405 g/mol. The molecule has 2 fully saturated rings. The van der Waals surface area contributed by atoms with Crippen LogP contribution in [-0.2, 0) is 16.1 Å². The van der Waals surface area contributed by atoms with Crippen LogP contribution in [0.3, 0.4) is 0 Å². The third-order valence-corrected chi connectivity index (χ3v) is 5.82. The minimum absolute atomic E-state index is 0.0295. The number of hydrogen-bond donors (Lipinski definition) is 1. The lowest BCUT2D eigenvalue weighted by atomic mass is 10.0. The fourth-order valence-electron chi connectivity index (χ4n) is 4.02. The molecule has 160 valence electrons. The van der Waals surface area contributed by atoms with E-state index in [4.69, 9.17) is 0 Å². The van der Waals surface area contributed by atoms with Gasteiger partial charge in [-0.15, -0.1) is 0 Å². The molecule has 0 radical (unpaired) electrons. The van der Waals surface area contributed by atoms with Gasteiger partial charge in [-0.25, -0.2) is 4.39 Å². The SMILES string of the molecule is CC(C)CCN1CCNC(=O)[C@H]1CC(=O)N1CCN(Cc2cccc(F)c2)CC1. The quantitative estimate of drug-likeness (QED) is 0.752. The summed E-state index contributed by atoms with van der Waals surface area (Å²) in [5, 5.41) is 2.91. The first-order chi connectivity index (χ1) is 13.9. The van der Waals surface area contributed by atoms with Gasteiger partial charge in [0.2, 0.25) is 11.8 Å². The Morgan fingerprint density at radius 2 is 1.97 bits per heavy atom. The molecule has 0 spiro atoms. The second-order valence-corrected chi connectivity index (χ2v) is 8.52. The van der Waals surface area contributed by atoms with Crippen LogP contribution < -0.4 is 5.32 Å². The van der Waals surface area contributed by atoms with E-state index in [2.05, 4.69) is 29.0 Å². The van der Waals surface area contributed by atoms with Crippen molar-refractivity contribution in [1.29, 1.82) is 0 Å². The van der Waals surface area contributed by atoms with Crippen molar-refractivity contribution in [1.82, 2.24) is 20.0 Å². The Balaban J connectivity index is 1.49. The molecule has 2 amide bonds. The van der Waals surface area contributed by atoms with Crippen molar-refractivity contribution in [2.45, 2.75) is 39.3 Å². The van der Waals surface area contributed by atoms with Crippen LogP contribution in [0.5, 0.6) is 0 Å². The van der Waals surface area contributed by atoms with Gasteiger partial charge in [0.25, 0.3) is 0 Å². The molecule has 29 heavy (non-hydrogen) atoms. The lowest BCUT2D eigenvalue weighted by Crippen LogP contribution is -2.57. The summed E-state index contributed by atoms with van der Waals surface area (Å²) in [6, 6.07) is 6.30. The van der Waals surface area contributed by atoms with Crippen molar-refractivity contribution in [3.8, 4) is 0 Å². The number of carbonyl (C=O) groups is 2. The zero-order chi connectivity index (χ0) is 20.8. The van der Waals surface area contributed by atoms with Crippen molar-refractivity contribution in [2.75, 3.05) is 45.8 Å². The number of benzene rings is 1. The summed E-state index contributed by atoms with van der Waals surface area (Å²) in [4.78, 5) is 31.5. The van der Waals surface area contributed by atoms with E-state index in [1.165, 1.54) is 6.07 Å². The number of nitrogens with zero attached hydrogens (tertiary/aromatic N) is 3. The van der Waals surface area contributed by atoms with Gasteiger partial charge >= 0.3 is 0 Å². The van der Waals surface area contributed by atoms with Crippen molar-refractivity contribution < 1.29 is 14.0 Å². The largest absolute Gasteiger partial charge is 0.353 e. The molecule has 2 saturated heterocycles. The standard InChI is InChI=1S/C22H33FN4O2/c1-17(2)6-8-26-9-7-24-22(29)20(26)15-21(28)27-12-10-25(11-13-27)16-18-4-3-5-19(23)14-18/h3-5,14,17,20H,6-13,15-16H2,1-2H3,(H,24,29)/t20-/m1/s1. The van der Waals surface area contributed by atoms with E-state index in [1.54, 1.807) is 12.1 Å². The molecular weight excluding hydrogens is 371 g/mol. The fraction of sp³-hybridized carbons (Fsp3) is 0.636. The topological polar surface area (TPSA) is 55.9 Å². The van der Waals surface area contributed by atoms with Crippen molar-refractivity contribution in [2.24, 2.45) is 5.92 Å². The molecule has 0 unspecified atom stereocenters. The number of hydrogen-bond acceptors (Lipinski definition) is 4. The molecule has 6 nitrogen and oxygen atoms in total. The van der Waals surface area contributed by atoms with Gasteiger partial charge < -0.3 is 10.2 Å². The van der Waals surface area contributed by atoms with E-state index in [-0.39, 0.29) is 30.1 Å². The van der Waals surface area contributed by atoms with E-state index in [0.717, 1.165) is 38.2 Å². The summed E-state index contributed by atoms with van der Waals surface area (Å²) in [6.45, 7) is 10.2. The Bertz CT molecular complexity index is 704. The van der Waals surface area contributed by atoms with Gasteiger partial charge in [0, 0.05) is 45.8 Å². The van der Waals surface area contributed by atoms with Crippen LogP contribution in [0.15, 0.2) is 24.3 Å². The average Bonchev–Trinajstić information content (AvgIpc) is 2.69. The Morgan fingerprint density at radius 3 is 2.66 bits per heavy atom. The Morgan fingerprint density at radius 1 is 1.21 bits per heavy atom. The van der Waals surface area contributed by atoms with Crippen LogP contribution in [0.1, 0.15) is 32.3 Å². The number of rotatable bonds is 7. The van der Waals surface area contributed by atoms with Crippen LogP contribution >= 0.6 is 0 Å². The molecule has 0 saturated carbocycles. The molecule has 3 rings (SSSR count). The van der Waals surface area contributed by atoms with E-state index >= 15 is 0 Å². The third kappa shape index (κ3) is 6.24. The van der Waals surface area contributed by atoms with Crippen molar-refractivity contribution in [3.05, 3.63) is 35.6 Å². The van der Waals surface area contributed by atoms with Gasteiger partial charge in [-0.1, -0.05) is 26.0 Å². The second-order valence-electron chi connectivity index (χ2n) is 8.52. The number of nitrogens with one attached hydrogen (secondary N) is 1. The van der Waals surface area contributed by atoms with E-state index in [0.29, 0.717) is 32.1 Å². The molecule has 2 aliphatic heterocycles. The number of piperazine rings is 2. The normalized spacial score (nSPS) is 21.4. The summed E-state index contributed by atoms with van der Waals surface area (Å²) >= 11 is 0. The predicted octanol–water partition coefficient (Wildman–Crippen LogP) is 1.71. The zero-order valence-corrected chi connectivity index (χ0v) is 17.6. The lowest BCUT2D eigenvalue weighted by Gasteiger charge is -2.38. The van der Waals surface area contributed by atoms with Gasteiger partial charge in [0.1, 0.15) is 5.82 Å². The number of amides is 2. The van der Waals surface area contributed by atoms with Gasteiger partial charge in [0.05, 0.1) is 12.5 Å². The first kappa shape index (κ1) is 21.7. The molecule has 1 atom stereocenters. The molecule has 0 aliphatic carbocycles. The molecule has 2 aliphatic rings. The number of halogens is 1. The number of carbonyl (C=O) groups excluding carboxylic acids is 2. The van der Waals surface area contributed by atoms with Crippen molar-refractivity contribution in [3.63, 3.8) is 0 Å². The van der Waals surface area contributed by atoms with Gasteiger partial charge in [-0.05, 0) is 36.6 Å². The second kappa shape index (κ2) is 10.2. The molecule has 2 heterocycles. The highest BCUT2D eigenvalue weighted by Crippen LogP contribution is 2.15. The van der Waals surface area contributed by atoms with Gasteiger partial charge in [-0.2, -0.15) is 0 Å². The molecule has 1 N–H and O–H groups in total.